The number of halogens is 1. The number of carbonyl (C=O) groups is 1. The molecule has 2 unspecified atom stereocenters. The van der Waals surface area contributed by atoms with Crippen LogP contribution in [0.1, 0.15) is 28.6 Å². The lowest BCUT2D eigenvalue weighted by Crippen LogP contribution is -2.49. The summed E-state index contributed by atoms with van der Waals surface area (Å²) in [6, 6.07) is 0.0764. The molecule has 2 rings (SSSR count). The number of hydrogen-bond acceptors (Lipinski definition) is 3. The SMILES string of the molecule is Cc1csc(C(=O)N2CCC(C)C(N)C2)c1Cl. The van der Waals surface area contributed by atoms with Crippen LogP contribution in [0.4, 0.5) is 0 Å². The standard InChI is InChI=1S/C12H17ClN2OS/c1-7-3-4-15(5-9(7)14)12(16)11-10(13)8(2)6-17-11/h6-7,9H,3-5,14H2,1-2H3. The number of hydrogen-bond donors (Lipinski definition) is 1. The van der Waals surface area contributed by atoms with Gasteiger partial charge in [0.25, 0.3) is 5.91 Å². The molecule has 0 saturated carbocycles. The van der Waals surface area contributed by atoms with Gasteiger partial charge in [0.1, 0.15) is 4.88 Å². The van der Waals surface area contributed by atoms with E-state index in [0.29, 0.717) is 22.4 Å². The average molecular weight is 273 g/mol. The van der Waals surface area contributed by atoms with Crippen molar-refractivity contribution in [2.75, 3.05) is 13.1 Å². The van der Waals surface area contributed by atoms with E-state index in [0.717, 1.165) is 18.5 Å². The summed E-state index contributed by atoms with van der Waals surface area (Å²) >= 11 is 7.54. The van der Waals surface area contributed by atoms with Gasteiger partial charge in [0.15, 0.2) is 0 Å². The fourth-order valence-electron chi connectivity index (χ4n) is 2.00. The summed E-state index contributed by atoms with van der Waals surface area (Å²) in [6.07, 6.45) is 0.967. The molecular weight excluding hydrogens is 256 g/mol. The molecule has 1 aromatic heterocycles. The lowest BCUT2D eigenvalue weighted by Gasteiger charge is -2.34. The van der Waals surface area contributed by atoms with Crippen LogP contribution in [0.3, 0.4) is 0 Å². The number of carbonyl (C=O) groups excluding carboxylic acids is 1. The molecule has 2 heterocycles. The van der Waals surface area contributed by atoms with E-state index in [-0.39, 0.29) is 11.9 Å². The predicted molar refractivity (Wildman–Crippen MR) is 71.7 cm³/mol. The van der Waals surface area contributed by atoms with Crippen LogP contribution in [0.15, 0.2) is 5.38 Å². The molecule has 1 amide bonds. The molecule has 0 aliphatic carbocycles. The second-order valence-electron chi connectivity index (χ2n) is 4.74. The van der Waals surface area contributed by atoms with Gasteiger partial charge in [-0.2, -0.15) is 0 Å². The average Bonchev–Trinajstić information content (AvgIpc) is 2.63. The number of piperidine rings is 1. The Bertz CT molecular complexity index is 432. The molecule has 1 aliphatic rings. The van der Waals surface area contributed by atoms with Crippen LogP contribution in [0.5, 0.6) is 0 Å². The van der Waals surface area contributed by atoms with Crippen LogP contribution >= 0.6 is 22.9 Å². The van der Waals surface area contributed by atoms with E-state index in [1.165, 1.54) is 11.3 Å². The number of amides is 1. The maximum absolute atomic E-state index is 12.3. The predicted octanol–water partition coefficient (Wildman–Crippen LogP) is 2.52. The summed E-state index contributed by atoms with van der Waals surface area (Å²) in [6.45, 7) is 5.46. The number of likely N-dealkylation sites (tertiary alicyclic amines) is 1. The molecular formula is C12H17ClN2OS. The Kier molecular flexibility index (Phi) is 3.76. The van der Waals surface area contributed by atoms with Gasteiger partial charge in [-0.15, -0.1) is 11.3 Å². The van der Waals surface area contributed by atoms with Crippen LogP contribution in [-0.2, 0) is 0 Å². The quantitative estimate of drug-likeness (QED) is 0.854. The van der Waals surface area contributed by atoms with Crippen molar-refractivity contribution in [1.82, 2.24) is 4.90 Å². The third-order valence-corrected chi connectivity index (χ3v) is 5.08. The summed E-state index contributed by atoms with van der Waals surface area (Å²) in [5.74, 6) is 0.509. The van der Waals surface area contributed by atoms with E-state index < -0.39 is 0 Å². The first-order valence-corrected chi connectivity index (χ1v) is 7.05. The van der Waals surface area contributed by atoms with E-state index in [2.05, 4.69) is 6.92 Å². The van der Waals surface area contributed by atoms with E-state index >= 15 is 0 Å². The third-order valence-electron chi connectivity index (χ3n) is 3.40. The lowest BCUT2D eigenvalue weighted by atomic mass is 9.94. The van der Waals surface area contributed by atoms with Crippen LogP contribution < -0.4 is 5.73 Å². The molecule has 0 aromatic carbocycles. The first-order valence-electron chi connectivity index (χ1n) is 5.79. The van der Waals surface area contributed by atoms with E-state index in [1.807, 2.05) is 17.2 Å². The summed E-state index contributed by atoms with van der Waals surface area (Å²) < 4.78 is 0. The monoisotopic (exact) mass is 272 g/mol. The fourth-order valence-corrected chi connectivity index (χ4v) is 3.24. The zero-order valence-electron chi connectivity index (χ0n) is 10.1. The second-order valence-corrected chi connectivity index (χ2v) is 6.00. The van der Waals surface area contributed by atoms with Gasteiger partial charge in [-0.25, -0.2) is 0 Å². The van der Waals surface area contributed by atoms with Crippen molar-refractivity contribution in [1.29, 1.82) is 0 Å². The summed E-state index contributed by atoms with van der Waals surface area (Å²) in [4.78, 5) is 14.7. The van der Waals surface area contributed by atoms with Gasteiger partial charge < -0.3 is 10.6 Å². The van der Waals surface area contributed by atoms with Gasteiger partial charge in [-0.3, -0.25) is 4.79 Å². The molecule has 0 spiro atoms. The van der Waals surface area contributed by atoms with Crippen LogP contribution in [0, 0.1) is 12.8 Å². The normalized spacial score (nSPS) is 25.1. The molecule has 3 nitrogen and oxygen atoms in total. The van der Waals surface area contributed by atoms with Crippen LogP contribution in [0.25, 0.3) is 0 Å². The second kappa shape index (κ2) is 4.96. The molecule has 1 saturated heterocycles. The third kappa shape index (κ3) is 2.49. The minimum Gasteiger partial charge on any atom is -0.336 e. The molecule has 2 atom stereocenters. The first kappa shape index (κ1) is 12.9. The highest BCUT2D eigenvalue weighted by atomic mass is 35.5. The van der Waals surface area contributed by atoms with Gasteiger partial charge in [-0.05, 0) is 30.2 Å². The van der Waals surface area contributed by atoms with Gasteiger partial charge in [-0.1, -0.05) is 18.5 Å². The molecule has 0 bridgehead atoms. The first-order chi connectivity index (χ1) is 8.00. The Morgan fingerprint density at radius 3 is 2.88 bits per heavy atom. The summed E-state index contributed by atoms with van der Waals surface area (Å²) in [5, 5.41) is 2.51. The minimum atomic E-state index is 0.0236. The summed E-state index contributed by atoms with van der Waals surface area (Å²) in [5.41, 5.74) is 6.97. The molecule has 0 radical (unpaired) electrons. The topological polar surface area (TPSA) is 46.3 Å². The summed E-state index contributed by atoms with van der Waals surface area (Å²) in [7, 11) is 0. The molecule has 1 fully saturated rings. The van der Waals surface area contributed by atoms with Crippen molar-refractivity contribution in [3.8, 4) is 0 Å². The highest BCUT2D eigenvalue weighted by Crippen LogP contribution is 2.29. The molecule has 1 aromatic rings. The van der Waals surface area contributed by atoms with Gasteiger partial charge in [0, 0.05) is 19.1 Å². The zero-order chi connectivity index (χ0) is 12.6. The van der Waals surface area contributed by atoms with Crippen molar-refractivity contribution < 1.29 is 4.79 Å². The van der Waals surface area contributed by atoms with Crippen LogP contribution in [0.2, 0.25) is 5.02 Å². The molecule has 5 heteroatoms. The highest BCUT2D eigenvalue weighted by molar-refractivity contribution is 7.13. The van der Waals surface area contributed by atoms with E-state index in [1.54, 1.807) is 0 Å². The van der Waals surface area contributed by atoms with E-state index in [4.69, 9.17) is 17.3 Å². The number of aryl methyl sites for hydroxylation is 1. The van der Waals surface area contributed by atoms with Crippen molar-refractivity contribution in [3.63, 3.8) is 0 Å². The molecule has 94 valence electrons. The zero-order valence-corrected chi connectivity index (χ0v) is 11.6. The molecule has 2 N–H and O–H groups in total. The van der Waals surface area contributed by atoms with Crippen molar-refractivity contribution in [3.05, 3.63) is 20.8 Å². The Morgan fingerprint density at radius 1 is 1.65 bits per heavy atom. The van der Waals surface area contributed by atoms with Crippen LogP contribution in [-0.4, -0.2) is 29.9 Å². The number of nitrogens with two attached hydrogens (primary N) is 1. The molecule has 17 heavy (non-hydrogen) atoms. The Hall–Kier alpha value is -0.580. The maximum Gasteiger partial charge on any atom is 0.265 e. The minimum absolute atomic E-state index is 0.0236. The number of nitrogens with zero attached hydrogens (tertiary/aromatic N) is 1. The largest absolute Gasteiger partial charge is 0.336 e. The number of rotatable bonds is 1. The Balaban J connectivity index is 2.13. The van der Waals surface area contributed by atoms with Gasteiger partial charge in [0.2, 0.25) is 0 Å². The van der Waals surface area contributed by atoms with Crippen molar-refractivity contribution >= 4 is 28.8 Å². The van der Waals surface area contributed by atoms with Gasteiger partial charge >= 0.3 is 0 Å². The van der Waals surface area contributed by atoms with Crippen molar-refractivity contribution in [2.45, 2.75) is 26.3 Å². The number of thiophene rings is 1. The van der Waals surface area contributed by atoms with E-state index in [9.17, 15) is 4.79 Å². The fraction of sp³-hybridized carbons (Fsp3) is 0.583. The van der Waals surface area contributed by atoms with Crippen molar-refractivity contribution in [2.24, 2.45) is 11.7 Å². The molecule has 1 aliphatic heterocycles. The lowest BCUT2D eigenvalue weighted by molar-refractivity contribution is 0.0677. The maximum atomic E-state index is 12.3. The van der Waals surface area contributed by atoms with Gasteiger partial charge in [0.05, 0.1) is 5.02 Å². The highest BCUT2D eigenvalue weighted by Gasteiger charge is 2.28. The Labute approximate surface area is 111 Å². The Morgan fingerprint density at radius 2 is 2.35 bits per heavy atom. The smallest absolute Gasteiger partial charge is 0.265 e.